The number of hydrogen-bond donors (Lipinski definition) is 1. The molecule has 2 rings (SSSR count). The first-order valence-electron chi connectivity index (χ1n) is 5.92. The second-order valence-corrected chi connectivity index (χ2v) is 5.74. The van der Waals surface area contributed by atoms with Gasteiger partial charge in [-0.05, 0) is 37.1 Å². The molecule has 20 heavy (non-hydrogen) atoms. The fraction of sp³-hybridized carbons (Fsp3) is 0.308. The molecule has 1 aromatic heterocycles. The van der Waals surface area contributed by atoms with Gasteiger partial charge in [0, 0.05) is 5.75 Å². The summed E-state index contributed by atoms with van der Waals surface area (Å²) in [6.07, 6.45) is 0.0484. The highest BCUT2D eigenvalue weighted by atomic mass is 35.5. The quantitative estimate of drug-likeness (QED) is 0.850. The molecule has 0 bridgehead atoms. The lowest BCUT2D eigenvalue weighted by molar-refractivity contribution is -0.136. The van der Waals surface area contributed by atoms with Crippen LogP contribution in [-0.2, 0) is 4.79 Å². The van der Waals surface area contributed by atoms with Gasteiger partial charge in [0.1, 0.15) is 0 Å². The molecule has 0 aliphatic carbocycles. The SMILES string of the molecule is Cc1cc(Cl)c(-c2nnc(SCCC(=O)O)o2)cc1C. The fourth-order valence-corrected chi connectivity index (χ4v) is 2.53. The van der Waals surface area contributed by atoms with E-state index in [9.17, 15) is 4.79 Å². The normalized spacial score (nSPS) is 10.8. The number of halogens is 1. The average molecular weight is 313 g/mol. The van der Waals surface area contributed by atoms with Gasteiger partial charge in [0.15, 0.2) is 0 Å². The zero-order valence-corrected chi connectivity index (χ0v) is 12.6. The fourth-order valence-electron chi connectivity index (χ4n) is 1.55. The van der Waals surface area contributed by atoms with Crippen LogP contribution in [0.4, 0.5) is 0 Å². The molecule has 0 saturated heterocycles. The molecule has 2 aromatic rings. The summed E-state index contributed by atoms with van der Waals surface area (Å²) in [5.74, 6) is -0.122. The first-order chi connectivity index (χ1) is 9.47. The summed E-state index contributed by atoms with van der Waals surface area (Å²) in [5.41, 5.74) is 2.87. The zero-order chi connectivity index (χ0) is 14.7. The molecule has 0 aliphatic rings. The van der Waals surface area contributed by atoms with Crippen LogP contribution in [0.5, 0.6) is 0 Å². The minimum atomic E-state index is -0.852. The summed E-state index contributed by atoms with van der Waals surface area (Å²) >= 11 is 7.39. The number of rotatable bonds is 5. The van der Waals surface area contributed by atoms with Crippen molar-refractivity contribution in [3.8, 4) is 11.5 Å². The molecule has 0 saturated carbocycles. The molecule has 1 heterocycles. The van der Waals surface area contributed by atoms with Crippen LogP contribution in [0.25, 0.3) is 11.5 Å². The molecule has 1 N–H and O–H groups in total. The van der Waals surface area contributed by atoms with Crippen LogP contribution >= 0.6 is 23.4 Å². The maximum Gasteiger partial charge on any atom is 0.304 e. The summed E-state index contributed by atoms with van der Waals surface area (Å²) in [5, 5.41) is 17.3. The topological polar surface area (TPSA) is 76.2 Å². The molecule has 0 spiro atoms. The predicted molar refractivity (Wildman–Crippen MR) is 77.2 cm³/mol. The summed E-state index contributed by atoms with van der Waals surface area (Å²) in [4.78, 5) is 10.4. The van der Waals surface area contributed by atoms with Gasteiger partial charge in [-0.1, -0.05) is 23.4 Å². The number of thioether (sulfide) groups is 1. The Morgan fingerprint density at radius 2 is 2.05 bits per heavy atom. The van der Waals surface area contributed by atoms with Gasteiger partial charge >= 0.3 is 5.97 Å². The number of carbonyl (C=O) groups is 1. The Kier molecular flexibility index (Phi) is 4.67. The molecular formula is C13H13ClN2O3S. The number of benzene rings is 1. The Hall–Kier alpha value is -1.53. The largest absolute Gasteiger partial charge is 0.481 e. The molecule has 0 radical (unpaired) electrons. The number of nitrogens with zero attached hydrogens (tertiary/aromatic N) is 2. The number of carboxylic acid groups (broad SMARTS) is 1. The third-order valence-electron chi connectivity index (χ3n) is 2.76. The molecule has 0 aliphatic heterocycles. The highest BCUT2D eigenvalue weighted by molar-refractivity contribution is 7.99. The van der Waals surface area contributed by atoms with Gasteiger partial charge in [0.25, 0.3) is 5.22 Å². The predicted octanol–water partition coefficient (Wildman–Crippen LogP) is 3.57. The van der Waals surface area contributed by atoms with Gasteiger partial charge < -0.3 is 9.52 Å². The van der Waals surface area contributed by atoms with Crippen molar-refractivity contribution in [3.05, 3.63) is 28.3 Å². The Balaban J connectivity index is 2.16. The van der Waals surface area contributed by atoms with Crippen molar-refractivity contribution in [2.24, 2.45) is 0 Å². The number of aliphatic carboxylic acids is 1. The van der Waals surface area contributed by atoms with Crippen LogP contribution in [0.2, 0.25) is 5.02 Å². The standard InChI is InChI=1S/C13H13ClN2O3S/c1-7-5-9(10(14)6-8(7)2)12-15-16-13(19-12)20-4-3-11(17)18/h5-6H,3-4H2,1-2H3,(H,17,18). The molecule has 0 amide bonds. The lowest BCUT2D eigenvalue weighted by atomic mass is 10.1. The Bertz CT molecular complexity index is 643. The summed E-state index contributed by atoms with van der Waals surface area (Å²) in [6.45, 7) is 3.96. The van der Waals surface area contributed by atoms with E-state index in [1.165, 1.54) is 11.8 Å². The maximum absolute atomic E-state index is 10.4. The van der Waals surface area contributed by atoms with Crippen molar-refractivity contribution in [2.75, 3.05) is 5.75 Å². The van der Waals surface area contributed by atoms with E-state index in [2.05, 4.69) is 10.2 Å². The molecule has 0 atom stereocenters. The smallest absolute Gasteiger partial charge is 0.304 e. The van der Waals surface area contributed by atoms with E-state index in [0.29, 0.717) is 27.5 Å². The van der Waals surface area contributed by atoms with E-state index in [1.54, 1.807) is 0 Å². The molecule has 0 fully saturated rings. The van der Waals surface area contributed by atoms with E-state index in [1.807, 2.05) is 26.0 Å². The van der Waals surface area contributed by atoms with Crippen LogP contribution in [0.3, 0.4) is 0 Å². The molecular weight excluding hydrogens is 300 g/mol. The summed E-state index contributed by atoms with van der Waals surface area (Å²) in [6, 6.07) is 3.75. The van der Waals surface area contributed by atoms with Gasteiger partial charge in [-0.2, -0.15) is 0 Å². The van der Waals surface area contributed by atoms with Crippen molar-refractivity contribution in [2.45, 2.75) is 25.5 Å². The van der Waals surface area contributed by atoms with Crippen molar-refractivity contribution >= 4 is 29.3 Å². The van der Waals surface area contributed by atoms with Gasteiger partial charge in [-0.15, -0.1) is 10.2 Å². The van der Waals surface area contributed by atoms with Gasteiger partial charge in [-0.3, -0.25) is 4.79 Å². The number of aromatic nitrogens is 2. The first-order valence-corrected chi connectivity index (χ1v) is 7.29. The van der Waals surface area contributed by atoms with Crippen LogP contribution in [0, 0.1) is 13.8 Å². The third kappa shape index (κ3) is 3.52. The Labute approximate surface area is 125 Å². The van der Waals surface area contributed by atoms with Gasteiger partial charge in [0.2, 0.25) is 5.89 Å². The lowest BCUT2D eigenvalue weighted by Gasteiger charge is -2.04. The number of carboxylic acids is 1. The van der Waals surface area contributed by atoms with E-state index in [-0.39, 0.29) is 6.42 Å². The van der Waals surface area contributed by atoms with Crippen LogP contribution in [0.1, 0.15) is 17.5 Å². The van der Waals surface area contributed by atoms with Crippen LogP contribution < -0.4 is 0 Å². The zero-order valence-electron chi connectivity index (χ0n) is 11.0. The second kappa shape index (κ2) is 6.28. The van der Waals surface area contributed by atoms with Crippen molar-refractivity contribution in [1.29, 1.82) is 0 Å². The third-order valence-corrected chi connectivity index (χ3v) is 3.89. The van der Waals surface area contributed by atoms with E-state index >= 15 is 0 Å². The van der Waals surface area contributed by atoms with E-state index < -0.39 is 5.97 Å². The van der Waals surface area contributed by atoms with Crippen LogP contribution in [-0.4, -0.2) is 27.0 Å². The summed E-state index contributed by atoms with van der Waals surface area (Å²) in [7, 11) is 0. The number of hydrogen-bond acceptors (Lipinski definition) is 5. The van der Waals surface area contributed by atoms with Gasteiger partial charge in [0.05, 0.1) is 17.0 Å². The van der Waals surface area contributed by atoms with E-state index in [0.717, 1.165) is 11.1 Å². The van der Waals surface area contributed by atoms with Crippen molar-refractivity contribution in [1.82, 2.24) is 10.2 Å². The van der Waals surface area contributed by atoms with E-state index in [4.69, 9.17) is 21.1 Å². The van der Waals surface area contributed by atoms with Gasteiger partial charge in [-0.25, -0.2) is 0 Å². The Morgan fingerprint density at radius 3 is 2.75 bits per heavy atom. The minimum Gasteiger partial charge on any atom is -0.481 e. The summed E-state index contributed by atoms with van der Waals surface area (Å²) < 4.78 is 5.49. The molecule has 0 unspecified atom stereocenters. The Morgan fingerprint density at radius 1 is 1.35 bits per heavy atom. The van der Waals surface area contributed by atoms with Crippen LogP contribution in [0.15, 0.2) is 21.8 Å². The average Bonchev–Trinajstić information content (AvgIpc) is 2.82. The maximum atomic E-state index is 10.4. The number of aryl methyl sites for hydroxylation is 2. The highest BCUT2D eigenvalue weighted by Crippen LogP contribution is 2.31. The molecule has 106 valence electrons. The van der Waals surface area contributed by atoms with Crippen molar-refractivity contribution in [3.63, 3.8) is 0 Å². The molecule has 7 heteroatoms. The second-order valence-electron chi connectivity index (χ2n) is 4.28. The minimum absolute atomic E-state index is 0.0484. The molecule has 5 nitrogen and oxygen atoms in total. The first kappa shape index (κ1) is 14.9. The molecule has 1 aromatic carbocycles. The lowest BCUT2D eigenvalue weighted by Crippen LogP contribution is -1.95. The monoisotopic (exact) mass is 312 g/mol. The van der Waals surface area contributed by atoms with Crippen molar-refractivity contribution < 1.29 is 14.3 Å². The highest BCUT2D eigenvalue weighted by Gasteiger charge is 2.14.